The van der Waals surface area contributed by atoms with Crippen LogP contribution in [0.3, 0.4) is 0 Å². The van der Waals surface area contributed by atoms with Gasteiger partial charge in [-0.2, -0.15) is 0 Å². The molecule has 174 valence electrons. The zero-order valence-corrected chi connectivity index (χ0v) is 18.7. The SMILES string of the molecule is CCCCCCCOCCOCCOCCOCCOCCOC1CCNCC1. The van der Waals surface area contributed by atoms with Gasteiger partial charge >= 0.3 is 0 Å². The van der Waals surface area contributed by atoms with Gasteiger partial charge in [0.1, 0.15) is 0 Å². The van der Waals surface area contributed by atoms with Crippen LogP contribution in [0, 0.1) is 0 Å². The van der Waals surface area contributed by atoms with Gasteiger partial charge in [0, 0.05) is 6.61 Å². The Morgan fingerprint density at radius 1 is 0.552 bits per heavy atom. The Bertz CT molecular complexity index is 316. The van der Waals surface area contributed by atoms with Crippen LogP contribution in [0.5, 0.6) is 0 Å². The van der Waals surface area contributed by atoms with E-state index in [1.165, 1.54) is 25.7 Å². The van der Waals surface area contributed by atoms with Gasteiger partial charge in [0.25, 0.3) is 0 Å². The predicted octanol–water partition coefficient (Wildman–Crippen LogP) is 2.81. The minimum atomic E-state index is 0.394. The van der Waals surface area contributed by atoms with Crippen molar-refractivity contribution in [1.29, 1.82) is 0 Å². The van der Waals surface area contributed by atoms with Crippen molar-refractivity contribution in [2.75, 3.05) is 85.8 Å². The second-order valence-electron chi connectivity index (χ2n) is 7.30. The fourth-order valence-electron chi connectivity index (χ4n) is 3.03. The lowest BCUT2D eigenvalue weighted by molar-refractivity contribution is -0.0296. The van der Waals surface area contributed by atoms with E-state index in [1.54, 1.807) is 0 Å². The fourth-order valence-corrected chi connectivity index (χ4v) is 3.03. The van der Waals surface area contributed by atoms with Crippen LogP contribution in [-0.4, -0.2) is 91.9 Å². The summed E-state index contributed by atoms with van der Waals surface area (Å²) < 4.78 is 33.3. The summed E-state index contributed by atoms with van der Waals surface area (Å²) in [7, 11) is 0. The van der Waals surface area contributed by atoms with Crippen molar-refractivity contribution in [3.8, 4) is 0 Å². The van der Waals surface area contributed by atoms with Crippen LogP contribution in [0.2, 0.25) is 0 Å². The summed E-state index contributed by atoms with van der Waals surface area (Å²) >= 11 is 0. The number of piperidine rings is 1. The molecule has 0 amide bonds. The van der Waals surface area contributed by atoms with E-state index in [2.05, 4.69) is 12.2 Å². The summed E-state index contributed by atoms with van der Waals surface area (Å²) in [6.45, 7) is 11.3. The number of hydrogen-bond donors (Lipinski definition) is 1. The van der Waals surface area contributed by atoms with Crippen molar-refractivity contribution in [2.24, 2.45) is 0 Å². The third-order valence-electron chi connectivity index (χ3n) is 4.75. The topological polar surface area (TPSA) is 67.4 Å². The van der Waals surface area contributed by atoms with Crippen LogP contribution in [0.25, 0.3) is 0 Å². The molecule has 0 aliphatic carbocycles. The first-order valence-electron chi connectivity index (χ1n) is 11.6. The van der Waals surface area contributed by atoms with Crippen LogP contribution in [0.15, 0.2) is 0 Å². The average Bonchev–Trinajstić information content (AvgIpc) is 2.75. The Labute approximate surface area is 178 Å². The minimum Gasteiger partial charge on any atom is -0.379 e. The third-order valence-corrected chi connectivity index (χ3v) is 4.75. The zero-order chi connectivity index (χ0) is 20.7. The van der Waals surface area contributed by atoms with Crippen LogP contribution in [0.1, 0.15) is 51.9 Å². The molecule has 7 heteroatoms. The van der Waals surface area contributed by atoms with Gasteiger partial charge < -0.3 is 33.7 Å². The highest BCUT2D eigenvalue weighted by Crippen LogP contribution is 2.06. The van der Waals surface area contributed by atoms with Crippen molar-refractivity contribution in [2.45, 2.75) is 58.0 Å². The number of hydrogen-bond acceptors (Lipinski definition) is 7. The zero-order valence-electron chi connectivity index (χ0n) is 18.7. The summed E-state index contributed by atoms with van der Waals surface area (Å²) in [6.07, 6.45) is 8.94. The quantitative estimate of drug-likeness (QED) is 0.271. The molecule has 0 spiro atoms. The van der Waals surface area contributed by atoms with Gasteiger partial charge in [-0.05, 0) is 32.4 Å². The Morgan fingerprint density at radius 2 is 1.00 bits per heavy atom. The van der Waals surface area contributed by atoms with Crippen molar-refractivity contribution >= 4 is 0 Å². The first-order chi connectivity index (χ1) is 14.4. The maximum absolute atomic E-state index is 5.77. The third kappa shape index (κ3) is 19.4. The Kier molecular flexibility index (Phi) is 20.7. The normalized spacial score (nSPS) is 15.2. The largest absolute Gasteiger partial charge is 0.379 e. The predicted molar refractivity (Wildman–Crippen MR) is 115 cm³/mol. The molecule has 0 unspecified atom stereocenters. The highest BCUT2D eigenvalue weighted by molar-refractivity contribution is 4.67. The van der Waals surface area contributed by atoms with Crippen LogP contribution in [-0.2, 0) is 28.4 Å². The van der Waals surface area contributed by atoms with Gasteiger partial charge in [-0.15, -0.1) is 0 Å². The highest BCUT2D eigenvalue weighted by Gasteiger charge is 2.12. The minimum absolute atomic E-state index is 0.394. The van der Waals surface area contributed by atoms with Gasteiger partial charge in [-0.25, -0.2) is 0 Å². The van der Waals surface area contributed by atoms with Gasteiger partial charge in [0.2, 0.25) is 0 Å². The molecule has 0 saturated carbocycles. The van der Waals surface area contributed by atoms with Gasteiger partial charge in [0.15, 0.2) is 0 Å². The van der Waals surface area contributed by atoms with E-state index in [0.29, 0.717) is 72.2 Å². The van der Waals surface area contributed by atoms with E-state index in [1.807, 2.05) is 0 Å². The van der Waals surface area contributed by atoms with E-state index >= 15 is 0 Å². The van der Waals surface area contributed by atoms with E-state index in [9.17, 15) is 0 Å². The summed E-state index contributed by atoms with van der Waals surface area (Å²) in [5.41, 5.74) is 0. The lowest BCUT2D eigenvalue weighted by Crippen LogP contribution is -2.33. The van der Waals surface area contributed by atoms with Crippen LogP contribution in [0.4, 0.5) is 0 Å². The Hall–Kier alpha value is -0.280. The molecule has 1 saturated heterocycles. The molecular formula is C22H45NO6. The molecule has 0 aromatic heterocycles. The molecule has 0 aromatic rings. The smallest absolute Gasteiger partial charge is 0.0704 e. The van der Waals surface area contributed by atoms with Crippen molar-refractivity contribution in [3.63, 3.8) is 0 Å². The molecule has 0 aromatic carbocycles. The average molecular weight is 420 g/mol. The standard InChI is InChI=1S/C22H45NO6/c1-2-3-4-5-6-11-24-12-13-25-14-15-26-16-17-27-18-19-28-20-21-29-22-7-9-23-10-8-22/h22-23H,2-21H2,1H3. The van der Waals surface area contributed by atoms with Gasteiger partial charge in [-0.1, -0.05) is 32.6 Å². The number of ether oxygens (including phenoxy) is 6. The van der Waals surface area contributed by atoms with Crippen LogP contribution >= 0.6 is 0 Å². The molecule has 1 heterocycles. The molecule has 0 bridgehead atoms. The van der Waals surface area contributed by atoms with E-state index < -0.39 is 0 Å². The van der Waals surface area contributed by atoms with E-state index in [0.717, 1.165) is 39.0 Å². The summed E-state index contributed by atoms with van der Waals surface area (Å²) in [4.78, 5) is 0. The number of unbranched alkanes of at least 4 members (excludes halogenated alkanes) is 4. The van der Waals surface area contributed by atoms with Crippen molar-refractivity contribution < 1.29 is 28.4 Å². The number of rotatable bonds is 22. The molecule has 0 radical (unpaired) electrons. The van der Waals surface area contributed by atoms with Crippen LogP contribution < -0.4 is 5.32 Å². The van der Waals surface area contributed by atoms with E-state index in [4.69, 9.17) is 28.4 Å². The molecule has 1 aliphatic heterocycles. The maximum Gasteiger partial charge on any atom is 0.0704 e. The Morgan fingerprint density at radius 3 is 1.52 bits per heavy atom. The van der Waals surface area contributed by atoms with Crippen molar-refractivity contribution in [3.05, 3.63) is 0 Å². The molecule has 0 atom stereocenters. The molecule has 1 aliphatic rings. The molecule has 1 fully saturated rings. The molecule has 1 rings (SSSR count). The first kappa shape index (κ1) is 26.8. The van der Waals surface area contributed by atoms with E-state index in [-0.39, 0.29) is 0 Å². The van der Waals surface area contributed by atoms with Gasteiger partial charge in [-0.3, -0.25) is 0 Å². The fraction of sp³-hybridized carbons (Fsp3) is 1.00. The van der Waals surface area contributed by atoms with Gasteiger partial charge in [0.05, 0.1) is 72.2 Å². The monoisotopic (exact) mass is 419 g/mol. The molecular weight excluding hydrogens is 374 g/mol. The Balaban J connectivity index is 1.63. The first-order valence-corrected chi connectivity index (χ1v) is 11.6. The molecule has 1 N–H and O–H groups in total. The lowest BCUT2D eigenvalue weighted by Gasteiger charge is -2.22. The maximum atomic E-state index is 5.77. The summed E-state index contributed by atoms with van der Waals surface area (Å²) in [6, 6.07) is 0. The highest BCUT2D eigenvalue weighted by atomic mass is 16.6. The summed E-state index contributed by atoms with van der Waals surface area (Å²) in [5, 5.41) is 3.33. The molecule has 7 nitrogen and oxygen atoms in total. The number of nitrogens with one attached hydrogen (secondary N) is 1. The second-order valence-corrected chi connectivity index (χ2v) is 7.30. The van der Waals surface area contributed by atoms with Crippen molar-refractivity contribution in [1.82, 2.24) is 5.32 Å². The lowest BCUT2D eigenvalue weighted by atomic mass is 10.1. The summed E-state index contributed by atoms with van der Waals surface area (Å²) in [5.74, 6) is 0. The molecule has 29 heavy (non-hydrogen) atoms. The second kappa shape index (κ2) is 22.4.